The minimum Gasteiger partial charge on any atom is -0.458 e. The molecule has 124 valence electrons. The molecule has 0 saturated carbocycles. The Morgan fingerprint density at radius 1 is 1.12 bits per heavy atom. The lowest BCUT2D eigenvalue weighted by Crippen LogP contribution is -2.14. The van der Waals surface area contributed by atoms with Crippen molar-refractivity contribution in [2.75, 3.05) is 0 Å². The molecule has 3 aliphatic rings. The Morgan fingerprint density at radius 2 is 1.88 bits per heavy atom. The Kier molecular flexibility index (Phi) is 3.35. The second-order valence-electron chi connectivity index (χ2n) is 5.84. The number of rotatable bonds is 2. The van der Waals surface area contributed by atoms with Crippen molar-refractivity contribution in [2.45, 2.75) is 36.4 Å². The predicted molar refractivity (Wildman–Crippen MR) is 82.9 cm³/mol. The van der Waals surface area contributed by atoms with Gasteiger partial charge in [-0.15, -0.1) is 0 Å². The summed E-state index contributed by atoms with van der Waals surface area (Å²) in [5, 5.41) is 0. The summed E-state index contributed by atoms with van der Waals surface area (Å²) in [6, 6.07) is 7.23. The first kappa shape index (κ1) is 15.1. The number of fused-ring (bicyclic) bond motifs is 3. The van der Waals surface area contributed by atoms with Crippen molar-refractivity contribution in [1.29, 1.82) is 0 Å². The zero-order valence-corrected chi connectivity index (χ0v) is 13.8. The first-order valence-electron chi connectivity index (χ1n) is 7.43. The Morgan fingerprint density at radius 3 is 2.58 bits per heavy atom. The molecule has 6 nitrogen and oxygen atoms in total. The Balaban J connectivity index is 1.66. The summed E-state index contributed by atoms with van der Waals surface area (Å²) in [4.78, 5) is 24.3. The molecule has 1 fully saturated rings. The minimum absolute atomic E-state index is 0.284. The second kappa shape index (κ2) is 5.31. The van der Waals surface area contributed by atoms with Crippen LogP contribution < -0.4 is 0 Å². The molecule has 0 radical (unpaired) electrons. The van der Waals surface area contributed by atoms with Gasteiger partial charge in [0.05, 0.1) is 28.6 Å². The first-order chi connectivity index (χ1) is 11.5. The Bertz CT molecular complexity index is 852. The van der Waals surface area contributed by atoms with Crippen LogP contribution in [0.1, 0.15) is 25.3 Å². The van der Waals surface area contributed by atoms with Gasteiger partial charge in [0, 0.05) is 16.0 Å². The van der Waals surface area contributed by atoms with E-state index in [4.69, 9.17) is 14.2 Å². The summed E-state index contributed by atoms with van der Waals surface area (Å²) in [7, 11) is -1.40. The molecule has 0 bridgehead atoms. The molecule has 1 saturated heterocycles. The standard InChI is InChI=1S/C17H14O6S/c1-8-9(2)16(22-14(8)18)21-7-11-13-10-5-3-4-6-12(10)24(20)17(13)23-15(11)19/h3-7,13,16-17H,1-2H3/b11-7+. The van der Waals surface area contributed by atoms with E-state index >= 15 is 0 Å². The van der Waals surface area contributed by atoms with Crippen LogP contribution in [0.5, 0.6) is 0 Å². The molecular weight excluding hydrogens is 332 g/mol. The number of esters is 2. The van der Waals surface area contributed by atoms with Gasteiger partial charge in [-0.3, -0.25) is 4.21 Å². The topological polar surface area (TPSA) is 78.9 Å². The molecule has 4 unspecified atom stereocenters. The smallest absolute Gasteiger partial charge is 0.339 e. The van der Waals surface area contributed by atoms with Gasteiger partial charge in [-0.2, -0.15) is 0 Å². The zero-order chi connectivity index (χ0) is 17.0. The van der Waals surface area contributed by atoms with Crippen molar-refractivity contribution in [3.63, 3.8) is 0 Å². The van der Waals surface area contributed by atoms with Crippen LogP contribution >= 0.6 is 0 Å². The number of ether oxygens (including phenoxy) is 3. The van der Waals surface area contributed by atoms with E-state index in [0.29, 0.717) is 16.0 Å². The zero-order valence-electron chi connectivity index (χ0n) is 13.0. The monoisotopic (exact) mass is 346 g/mol. The maximum absolute atomic E-state index is 12.5. The van der Waals surface area contributed by atoms with E-state index in [2.05, 4.69) is 0 Å². The van der Waals surface area contributed by atoms with Gasteiger partial charge in [0.1, 0.15) is 0 Å². The molecule has 0 N–H and O–H groups in total. The molecule has 24 heavy (non-hydrogen) atoms. The lowest BCUT2D eigenvalue weighted by molar-refractivity contribution is -0.153. The number of carbonyl (C=O) groups is 2. The second-order valence-corrected chi connectivity index (χ2v) is 7.34. The average molecular weight is 346 g/mol. The van der Waals surface area contributed by atoms with Crippen molar-refractivity contribution in [2.24, 2.45) is 0 Å². The van der Waals surface area contributed by atoms with E-state index < -0.39 is 40.4 Å². The van der Waals surface area contributed by atoms with E-state index in [-0.39, 0.29) is 5.57 Å². The minimum atomic E-state index is -1.40. The number of cyclic esters (lactones) is 1. The molecular formula is C17H14O6S. The lowest BCUT2D eigenvalue weighted by Gasteiger charge is -2.12. The van der Waals surface area contributed by atoms with Crippen molar-refractivity contribution in [3.8, 4) is 0 Å². The van der Waals surface area contributed by atoms with E-state index in [1.165, 1.54) is 6.26 Å². The van der Waals surface area contributed by atoms with Gasteiger partial charge < -0.3 is 14.2 Å². The highest BCUT2D eigenvalue weighted by Gasteiger charge is 2.51. The summed E-state index contributed by atoms with van der Waals surface area (Å²) in [5.74, 6) is -1.43. The SMILES string of the molecule is CC1=C(C)C(O/C=C2/C(=O)OC3C2c2ccccc2S3=O)OC1=O. The average Bonchev–Trinajstić information content (AvgIpc) is 3.13. The molecule has 1 aromatic carbocycles. The molecule has 3 heterocycles. The van der Waals surface area contributed by atoms with Crippen LogP contribution in [0.3, 0.4) is 0 Å². The van der Waals surface area contributed by atoms with Gasteiger partial charge in [0.25, 0.3) is 6.29 Å². The molecule has 1 aromatic rings. The van der Waals surface area contributed by atoms with E-state index in [1.807, 2.05) is 12.1 Å². The van der Waals surface area contributed by atoms with Crippen LogP contribution in [0, 0.1) is 0 Å². The summed E-state index contributed by atoms with van der Waals surface area (Å²) in [6.45, 7) is 3.39. The van der Waals surface area contributed by atoms with E-state index in [1.54, 1.807) is 26.0 Å². The van der Waals surface area contributed by atoms with Crippen LogP contribution in [0.4, 0.5) is 0 Å². The number of carbonyl (C=O) groups excluding carboxylic acids is 2. The van der Waals surface area contributed by atoms with E-state index in [9.17, 15) is 13.8 Å². The molecule has 4 rings (SSSR count). The third kappa shape index (κ3) is 2.04. The normalized spacial score (nSPS) is 32.7. The molecule has 0 amide bonds. The number of hydrogen-bond acceptors (Lipinski definition) is 6. The van der Waals surface area contributed by atoms with Gasteiger partial charge in [0.15, 0.2) is 5.44 Å². The number of hydrogen-bond donors (Lipinski definition) is 0. The molecule has 7 heteroatoms. The maximum atomic E-state index is 12.5. The molecule has 0 aliphatic carbocycles. The highest BCUT2D eigenvalue weighted by molar-refractivity contribution is 7.86. The summed E-state index contributed by atoms with van der Waals surface area (Å²) >= 11 is 0. The molecule has 0 aromatic heterocycles. The third-order valence-corrected chi connectivity index (χ3v) is 6.13. The first-order valence-corrected chi connectivity index (χ1v) is 8.64. The fourth-order valence-electron chi connectivity index (χ4n) is 3.04. The van der Waals surface area contributed by atoms with Crippen LogP contribution in [0.2, 0.25) is 0 Å². The van der Waals surface area contributed by atoms with Gasteiger partial charge >= 0.3 is 11.9 Å². The summed E-state index contributed by atoms with van der Waals surface area (Å²) in [6.07, 6.45) is 0.422. The fourth-order valence-corrected chi connectivity index (χ4v) is 4.65. The quantitative estimate of drug-likeness (QED) is 0.462. The predicted octanol–water partition coefficient (Wildman–Crippen LogP) is 1.89. The molecule has 4 atom stereocenters. The molecule has 3 aliphatic heterocycles. The van der Waals surface area contributed by atoms with Gasteiger partial charge in [-0.25, -0.2) is 9.59 Å². The van der Waals surface area contributed by atoms with E-state index in [0.717, 1.165) is 5.56 Å². The Hall–Kier alpha value is -2.41. The van der Waals surface area contributed by atoms with Crippen molar-refractivity contribution in [3.05, 3.63) is 52.8 Å². The van der Waals surface area contributed by atoms with Crippen molar-refractivity contribution in [1.82, 2.24) is 0 Å². The van der Waals surface area contributed by atoms with Gasteiger partial charge in [0.2, 0.25) is 0 Å². The fraction of sp³-hybridized carbons (Fsp3) is 0.294. The van der Waals surface area contributed by atoms with Gasteiger partial charge in [-0.05, 0) is 25.5 Å². The summed E-state index contributed by atoms with van der Waals surface area (Å²) < 4.78 is 28.3. The maximum Gasteiger partial charge on any atom is 0.339 e. The third-order valence-electron chi connectivity index (χ3n) is 4.53. The van der Waals surface area contributed by atoms with Crippen LogP contribution in [0.25, 0.3) is 0 Å². The van der Waals surface area contributed by atoms with Crippen molar-refractivity contribution < 1.29 is 28.0 Å². The highest BCUT2D eigenvalue weighted by Crippen LogP contribution is 2.47. The van der Waals surface area contributed by atoms with Crippen LogP contribution in [0.15, 0.2) is 52.1 Å². The van der Waals surface area contributed by atoms with Gasteiger partial charge in [-0.1, -0.05) is 18.2 Å². The van der Waals surface area contributed by atoms with Crippen molar-refractivity contribution >= 4 is 22.7 Å². The molecule has 0 spiro atoms. The summed E-state index contributed by atoms with van der Waals surface area (Å²) in [5.41, 5.74) is 1.52. The number of benzene rings is 1. The van der Waals surface area contributed by atoms with Crippen LogP contribution in [-0.4, -0.2) is 27.9 Å². The Labute approximate surface area is 140 Å². The lowest BCUT2D eigenvalue weighted by atomic mass is 9.94. The van der Waals surface area contributed by atoms with Crippen LogP contribution in [-0.2, 0) is 34.6 Å². The highest BCUT2D eigenvalue weighted by atomic mass is 32.2. The largest absolute Gasteiger partial charge is 0.458 e.